The molecule has 6 nitrogen and oxygen atoms in total. The Labute approximate surface area is 155 Å². The molecule has 0 unspecified atom stereocenters. The number of carbonyl (C=O) groups is 2. The fraction of sp³-hybridized carbons (Fsp3) is 0.421. The van der Waals surface area contributed by atoms with Gasteiger partial charge in [0.05, 0.1) is 5.56 Å². The molecule has 3 saturated carbocycles. The number of anilines is 2. The molecule has 2 amide bonds. The number of hydrogen-bond acceptors (Lipinski definition) is 5. The number of fused-ring (bicyclic) bond motifs is 3. The van der Waals surface area contributed by atoms with Gasteiger partial charge in [-0.1, -0.05) is 12.1 Å². The highest BCUT2D eigenvalue weighted by molar-refractivity contribution is 7.13. The number of nitrogens with zero attached hydrogens (tertiary/aromatic N) is 1. The molecule has 3 aliphatic carbocycles. The Bertz CT molecular complexity index is 868. The smallest absolute Gasteiger partial charge is 0.255 e. The first-order chi connectivity index (χ1) is 12.6. The van der Waals surface area contributed by atoms with Crippen LogP contribution < -0.4 is 16.0 Å². The van der Waals surface area contributed by atoms with E-state index in [1.807, 2.05) is 29.6 Å². The van der Waals surface area contributed by atoms with Gasteiger partial charge < -0.3 is 16.0 Å². The Morgan fingerprint density at radius 2 is 2.15 bits per heavy atom. The summed E-state index contributed by atoms with van der Waals surface area (Å²) in [6, 6.07) is 7.63. The van der Waals surface area contributed by atoms with Gasteiger partial charge in [-0.15, -0.1) is 11.3 Å². The number of carbonyl (C=O) groups excluding carboxylic acids is 2. The van der Waals surface area contributed by atoms with E-state index in [1.165, 1.54) is 11.3 Å². The third-order valence-electron chi connectivity index (χ3n) is 6.14. The van der Waals surface area contributed by atoms with E-state index in [0.717, 1.165) is 31.4 Å². The minimum absolute atomic E-state index is 0.0147. The highest BCUT2D eigenvalue weighted by Gasteiger charge is 2.55. The van der Waals surface area contributed by atoms with Gasteiger partial charge in [0.15, 0.2) is 5.13 Å². The van der Waals surface area contributed by atoms with E-state index in [0.29, 0.717) is 10.7 Å². The number of thiazole rings is 1. The van der Waals surface area contributed by atoms with Gasteiger partial charge in [0, 0.05) is 29.1 Å². The molecule has 26 heavy (non-hydrogen) atoms. The van der Waals surface area contributed by atoms with Crippen molar-refractivity contribution in [3.63, 3.8) is 0 Å². The molecule has 7 heteroatoms. The molecule has 2 bridgehead atoms. The van der Waals surface area contributed by atoms with Crippen molar-refractivity contribution >= 4 is 34.0 Å². The van der Waals surface area contributed by atoms with E-state index in [9.17, 15) is 9.59 Å². The van der Waals surface area contributed by atoms with Crippen molar-refractivity contribution in [1.82, 2.24) is 10.3 Å². The van der Waals surface area contributed by atoms with E-state index >= 15 is 0 Å². The summed E-state index contributed by atoms with van der Waals surface area (Å²) < 4.78 is 0. The van der Waals surface area contributed by atoms with E-state index < -0.39 is 5.66 Å². The lowest BCUT2D eigenvalue weighted by Gasteiger charge is -2.56. The van der Waals surface area contributed by atoms with Gasteiger partial charge in [0.2, 0.25) is 5.91 Å². The summed E-state index contributed by atoms with van der Waals surface area (Å²) in [5.74, 6) is 0.539. The van der Waals surface area contributed by atoms with Crippen LogP contribution in [-0.2, 0) is 4.79 Å². The maximum absolute atomic E-state index is 12.7. The van der Waals surface area contributed by atoms with Gasteiger partial charge in [-0.25, -0.2) is 4.98 Å². The first-order valence-electron chi connectivity index (χ1n) is 9.05. The third-order valence-corrected chi connectivity index (χ3v) is 6.83. The summed E-state index contributed by atoms with van der Waals surface area (Å²) in [4.78, 5) is 29.5. The Balaban J connectivity index is 1.38. The Morgan fingerprint density at radius 3 is 2.92 bits per heavy atom. The average Bonchev–Trinajstić information content (AvgIpc) is 3.15. The third kappa shape index (κ3) is 2.41. The maximum atomic E-state index is 12.7. The molecule has 2 heterocycles. The van der Waals surface area contributed by atoms with E-state index in [4.69, 9.17) is 0 Å². The molecule has 3 N–H and O–H groups in total. The fourth-order valence-corrected chi connectivity index (χ4v) is 5.48. The molecule has 2 aromatic rings. The number of benzene rings is 1. The second kappa shape index (κ2) is 5.81. The molecule has 0 saturated heterocycles. The molecule has 4 aliphatic rings. The first-order valence-corrected chi connectivity index (χ1v) is 9.93. The summed E-state index contributed by atoms with van der Waals surface area (Å²) in [6.07, 6.45) is 5.33. The predicted molar refractivity (Wildman–Crippen MR) is 99.9 cm³/mol. The largest absolute Gasteiger partial charge is 0.362 e. The molecule has 6 rings (SSSR count). The number of nitrogens with one attached hydrogen (secondary N) is 3. The lowest BCUT2D eigenvalue weighted by Crippen LogP contribution is -2.67. The molecule has 1 spiro atoms. The van der Waals surface area contributed by atoms with Crippen LogP contribution >= 0.6 is 11.3 Å². The van der Waals surface area contributed by atoms with Crippen LogP contribution in [-0.4, -0.2) is 22.5 Å². The number of amides is 2. The molecular weight excluding hydrogens is 348 g/mol. The summed E-state index contributed by atoms with van der Waals surface area (Å²) in [7, 11) is 0. The van der Waals surface area contributed by atoms with Gasteiger partial charge in [-0.2, -0.15) is 0 Å². The molecule has 3 fully saturated rings. The van der Waals surface area contributed by atoms with Crippen LogP contribution in [0.5, 0.6) is 0 Å². The number of rotatable bonds is 2. The van der Waals surface area contributed by atoms with Crippen molar-refractivity contribution in [2.45, 2.75) is 31.3 Å². The highest BCUT2D eigenvalue weighted by atomic mass is 32.1. The normalized spacial score (nSPS) is 31.8. The van der Waals surface area contributed by atoms with Crippen LogP contribution in [0.15, 0.2) is 35.8 Å². The Kier molecular flexibility index (Phi) is 3.53. The number of aromatic nitrogens is 1. The van der Waals surface area contributed by atoms with Crippen molar-refractivity contribution in [1.29, 1.82) is 0 Å². The fourth-order valence-electron chi connectivity index (χ4n) is 4.95. The van der Waals surface area contributed by atoms with Gasteiger partial charge in [-0.05, 0) is 43.7 Å². The molecule has 1 aromatic carbocycles. The Hall–Kier alpha value is -2.41. The minimum Gasteiger partial charge on any atom is -0.362 e. The second-order valence-electron chi connectivity index (χ2n) is 7.50. The topological polar surface area (TPSA) is 83.1 Å². The van der Waals surface area contributed by atoms with Gasteiger partial charge in [0.25, 0.3) is 5.91 Å². The zero-order valence-electron chi connectivity index (χ0n) is 14.2. The minimum atomic E-state index is -0.424. The maximum Gasteiger partial charge on any atom is 0.255 e. The van der Waals surface area contributed by atoms with Crippen LogP contribution in [0.4, 0.5) is 10.8 Å². The van der Waals surface area contributed by atoms with Crippen LogP contribution in [0, 0.1) is 17.8 Å². The van der Waals surface area contributed by atoms with Crippen LogP contribution in [0.25, 0.3) is 0 Å². The van der Waals surface area contributed by atoms with E-state index in [-0.39, 0.29) is 29.6 Å². The number of para-hydroxylation sites is 1. The average molecular weight is 368 g/mol. The summed E-state index contributed by atoms with van der Waals surface area (Å²) in [5.41, 5.74) is 1.16. The Morgan fingerprint density at radius 1 is 1.27 bits per heavy atom. The second-order valence-corrected chi connectivity index (χ2v) is 8.40. The van der Waals surface area contributed by atoms with Crippen LogP contribution in [0.1, 0.15) is 36.0 Å². The van der Waals surface area contributed by atoms with Crippen molar-refractivity contribution in [2.24, 2.45) is 17.8 Å². The van der Waals surface area contributed by atoms with Crippen molar-refractivity contribution in [3.8, 4) is 0 Å². The van der Waals surface area contributed by atoms with Crippen molar-refractivity contribution in [2.75, 3.05) is 10.6 Å². The monoisotopic (exact) mass is 368 g/mol. The molecule has 0 radical (unpaired) electrons. The lowest BCUT2D eigenvalue weighted by molar-refractivity contribution is -0.126. The molecule has 4 atom stereocenters. The summed E-state index contributed by atoms with van der Waals surface area (Å²) >= 11 is 1.44. The van der Waals surface area contributed by atoms with Crippen molar-refractivity contribution < 1.29 is 9.59 Å². The van der Waals surface area contributed by atoms with Gasteiger partial charge >= 0.3 is 0 Å². The van der Waals surface area contributed by atoms with Gasteiger partial charge in [0.1, 0.15) is 5.66 Å². The lowest BCUT2D eigenvalue weighted by atomic mass is 9.58. The standard InChI is InChI=1S/C19H20N4O2S/c24-16(21-18-20-7-8-26-18)14-9-12-6-5-11(14)10-19(12)22-15-4-2-1-3-13(15)17(25)23-19/h1-4,7-8,11-12,14,22H,5-6,9-10H2,(H,23,25)(H,20,21,24)/t11-,12+,14+,19-/m1/s1. The zero-order chi connectivity index (χ0) is 17.7. The van der Waals surface area contributed by atoms with Crippen LogP contribution in [0.2, 0.25) is 0 Å². The quantitative estimate of drug-likeness (QED) is 0.761. The summed E-state index contributed by atoms with van der Waals surface area (Å²) in [5, 5.41) is 12.3. The first kappa shape index (κ1) is 15.8. The number of hydrogen-bond donors (Lipinski definition) is 3. The van der Waals surface area contributed by atoms with Gasteiger partial charge in [-0.3, -0.25) is 9.59 Å². The van der Waals surface area contributed by atoms with E-state index in [1.54, 1.807) is 6.20 Å². The summed E-state index contributed by atoms with van der Waals surface area (Å²) in [6.45, 7) is 0. The SMILES string of the molecule is O=C1N[C@@]2(C[C@H]3CC[C@H]2C[C@@H]3C(=O)Nc2nccs2)Nc2ccccc21. The predicted octanol–water partition coefficient (Wildman–Crippen LogP) is 3.07. The highest BCUT2D eigenvalue weighted by Crippen LogP contribution is 2.52. The molecule has 1 aliphatic heterocycles. The van der Waals surface area contributed by atoms with E-state index in [2.05, 4.69) is 20.9 Å². The molecule has 134 valence electrons. The molecular formula is C19H20N4O2S. The van der Waals surface area contributed by atoms with Crippen LogP contribution in [0.3, 0.4) is 0 Å². The van der Waals surface area contributed by atoms with Crippen molar-refractivity contribution in [3.05, 3.63) is 41.4 Å². The molecule has 1 aromatic heterocycles. The zero-order valence-corrected chi connectivity index (χ0v) is 15.0.